The maximum atomic E-state index is 12.3. The van der Waals surface area contributed by atoms with Gasteiger partial charge >= 0.3 is 6.03 Å². The number of benzene rings is 1. The van der Waals surface area contributed by atoms with Crippen LogP contribution in [-0.4, -0.2) is 43.8 Å². The van der Waals surface area contributed by atoms with Gasteiger partial charge in [-0.1, -0.05) is 23.8 Å². The second-order valence-electron chi connectivity index (χ2n) is 6.85. The van der Waals surface area contributed by atoms with Crippen LogP contribution in [-0.2, 0) is 10.2 Å². The summed E-state index contributed by atoms with van der Waals surface area (Å²) in [5.41, 5.74) is 4.19. The molecule has 0 aromatic heterocycles. The SMILES string of the molecule is CO[C@@H]1CCN(C(=O)NCC2(c3ccc(C)cc3C)CC2)C1. The zero-order valence-corrected chi connectivity index (χ0v) is 13.8. The number of hydrogen-bond acceptors (Lipinski definition) is 2. The van der Waals surface area contributed by atoms with Crippen molar-refractivity contribution in [2.45, 2.75) is 44.6 Å². The first-order valence-electron chi connectivity index (χ1n) is 8.17. The molecule has 3 rings (SSSR count). The molecule has 1 aromatic rings. The standard InChI is InChI=1S/C18H26N2O2/c1-13-4-5-16(14(2)10-13)18(7-8-18)12-19-17(21)20-9-6-15(11-20)22-3/h4-5,10,15H,6-9,11-12H2,1-3H3,(H,19,21)/t15-/m1/s1. The van der Waals surface area contributed by atoms with Crippen LogP contribution in [0.4, 0.5) is 4.79 Å². The van der Waals surface area contributed by atoms with Gasteiger partial charge in [-0.25, -0.2) is 4.79 Å². The van der Waals surface area contributed by atoms with E-state index >= 15 is 0 Å². The molecule has 120 valence electrons. The van der Waals surface area contributed by atoms with Crippen LogP contribution in [0.2, 0.25) is 0 Å². The van der Waals surface area contributed by atoms with Gasteiger partial charge in [-0.2, -0.15) is 0 Å². The number of methoxy groups -OCH3 is 1. The number of hydrogen-bond donors (Lipinski definition) is 1. The van der Waals surface area contributed by atoms with E-state index in [4.69, 9.17) is 4.74 Å². The number of nitrogens with zero attached hydrogens (tertiary/aromatic N) is 1. The quantitative estimate of drug-likeness (QED) is 0.929. The van der Waals surface area contributed by atoms with Crippen molar-refractivity contribution in [3.63, 3.8) is 0 Å². The van der Waals surface area contributed by atoms with E-state index in [1.807, 2.05) is 4.90 Å². The summed E-state index contributed by atoms with van der Waals surface area (Å²) in [6, 6.07) is 6.70. The van der Waals surface area contributed by atoms with Crippen LogP contribution in [0, 0.1) is 13.8 Å². The highest BCUT2D eigenvalue weighted by molar-refractivity contribution is 5.74. The highest BCUT2D eigenvalue weighted by atomic mass is 16.5. The monoisotopic (exact) mass is 302 g/mol. The van der Waals surface area contributed by atoms with Crippen molar-refractivity contribution in [3.05, 3.63) is 34.9 Å². The van der Waals surface area contributed by atoms with Gasteiger partial charge < -0.3 is 15.0 Å². The number of carbonyl (C=O) groups excluding carboxylic acids is 1. The smallest absolute Gasteiger partial charge is 0.317 e. The lowest BCUT2D eigenvalue weighted by Crippen LogP contribution is -2.42. The van der Waals surface area contributed by atoms with Gasteiger partial charge in [0.25, 0.3) is 0 Å². The summed E-state index contributed by atoms with van der Waals surface area (Å²) >= 11 is 0. The zero-order chi connectivity index (χ0) is 15.7. The van der Waals surface area contributed by atoms with E-state index in [0.717, 1.165) is 32.4 Å². The Balaban J connectivity index is 1.60. The number of urea groups is 1. The fraction of sp³-hybridized carbons (Fsp3) is 0.611. The molecule has 2 aliphatic rings. The van der Waals surface area contributed by atoms with Gasteiger partial charge in [0.15, 0.2) is 0 Å². The maximum absolute atomic E-state index is 12.3. The van der Waals surface area contributed by atoms with E-state index in [1.165, 1.54) is 16.7 Å². The van der Waals surface area contributed by atoms with E-state index < -0.39 is 0 Å². The Morgan fingerprint density at radius 2 is 2.18 bits per heavy atom. The van der Waals surface area contributed by atoms with E-state index in [1.54, 1.807) is 7.11 Å². The average molecular weight is 302 g/mol. The van der Waals surface area contributed by atoms with Gasteiger partial charge in [-0.3, -0.25) is 0 Å². The molecule has 1 aromatic carbocycles. The molecule has 0 bridgehead atoms. The normalized spacial score (nSPS) is 22.7. The lowest BCUT2D eigenvalue weighted by Gasteiger charge is -2.22. The van der Waals surface area contributed by atoms with Gasteiger partial charge in [-0.05, 0) is 44.2 Å². The van der Waals surface area contributed by atoms with Crippen molar-refractivity contribution in [2.24, 2.45) is 0 Å². The van der Waals surface area contributed by atoms with Crippen molar-refractivity contribution in [1.29, 1.82) is 0 Å². The molecule has 1 N–H and O–H groups in total. The minimum Gasteiger partial charge on any atom is -0.380 e. The Labute approximate surface area is 132 Å². The van der Waals surface area contributed by atoms with E-state index in [2.05, 4.69) is 37.4 Å². The first-order valence-corrected chi connectivity index (χ1v) is 8.17. The predicted molar refractivity (Wildman–Crippen MR) is 87.2 cm³/mol. The Morgan fingerprint density at radius 1 is 1.41 bits per heavy atom. The minimum atomic E-state index is 0.0515. The molecule has 2 amide bonds. The number of carbonyl (C=O) groups is 1. The van der Waals surface area contributed by atoms with Gasteiger partial charge in [-0.15, -0.1) is 0 Å². The molecular formula is C18H26N2O2. The third-order valence-electron chi connectivity index (χ3n) is 5.15. The van der Waals surface area contributed by atoms with E-state index in [0.29, 0.717) is 6.54 Å². The summed E-state index contributed by atoms with van der Waals surface area (Å²) in [6.45, 7) is 6.54. The number of ether oxygens (including phenoxy) is 1. The Bertz CT molecular complexity index is 566. The predicted octanol–water partition coefficient (Wildman–Crippen LogP) is 2.77. The van der Waals surface area contributed by atoms with Gasteiger partial charge in [0.2, 0.25) is 0 Å². The number of aryl methyl sites for hydroxylation is 2. The van der Waals surface area contributed by atoms with Crippen LogP contribution in [0.5, 0.6) is 0 Å². The van der Waals surface area contributed by atoms with Crippen LogP contribution in [0.3, 0.4) is 0 Å². The number of amides is 2. The number of likely N-dealkylation sites (tertiary alicyclic amines) is 1. The minimum absolute atomic E-state index is 0.0515. The van der Waals surface area contributed by atoms with Crippen LogP contribution in [0.1, 0.15) is 36.0 Å². The lowest BCUT2D eigenvalue weighted by molar-refractivity contribution is 0.110. The summed E-state index contributed by atoms with van der Waals surface area (Å²) in [6.07, 6.45) is 3.46. The molecule has 1 aliphatic carbocycles. The number of nitrogens with one attached hydrogen (secondary N) is 1. The molecule has 1 saturated carbocycles. The lowest BCUT2D eigenvalue weighted by atomic mass is 9.91. The van der Waals surface area contributed by atoms with Crippen LogP contribution in [0.25, 0.3) is 0 Å². The topological polar surface area (TPSA) is 41.6 Å². The molecule has 4 nitrogen and oxygen atoms in total. The summed E-state index contributed by atoms with van der Waals surface area (Å²) in [7, 11) is 1.71. The van der Waals surface area contributed by atoms with Crippen LogP contribution in [0.15, 0.2) is 18.2 Å². The highest BCUT2D eigenvalue weighted by Crippen LogP contribution is 2.48. The third kappa shape index (κ3) is 2.98. The average Bonchev–Trinajstić information content (AvgIpc) is 3.11. The molecule has 0 radical (unpaired) electrons. The van der Waals surface area contributed by atoms with E-state index in [-0.39, 0.29) is 17.6 Å². The second kappa shape index (κ2) is 5.92. The summed E-state index contributed by atoms with van der Waals surface area (Å²) in [5, 5.41) is 3.14. The van der Waals surface area contributed by atoms with Gasteiger partial charge in [0.1, 0.15) is 0 Å². The fourth-order valence-corrected chi connectivity index (χ4v) is 3.56. The van der Waals surface area contributed by atoms with Crippen LogP contribution < -0.4 is 5.32 Å². The molecule has 1 saturated heterocycles. The summed E-state index contributed by atoms with van der Waals surface area (Å²) in [5.74, 6) is 0. The Morgan fingerprint density at radius 3 is 2.77 bits per heavy atom. The number of rotatable bonds is 4. The van der Waals surface area contributed by atoms with Crippen molar-refractivity contribution in [1.82, 2.24) is 10.2 Å². The van der Waals surface area contributed by atoms with Crippen molar-refractivity contribution >= 4 is 6.03 Å². The Hall–Kier alpha value is -1.55. The molecule has 0 unspecified atom stereocenters. The summed E-state index contributed by atoms with van der Waals surface area (Å²) in [4.78, 5) is 14.2. The molecule has 1 aliphatic heterocycles. The molecular weight excluding hydrogens is 276 g/mol. The molecule has 4 heteroatoms. The molecule has 1 heterocycles. The van der Waals surface area contributed by atoms with Crippen molar-refractivity contribution in [3.8, 4) is 0 Å². The molecule has 1 atom stereocenters. The third-order valence-corrected chi connectivity index (χ3v) is 5.15. The molecule has 22 heavy (non-hydrogen) atoms. The van der Waals surface area contributed by atoms with Gasteiger partial charge in [0, 0.05) is 32.2 Å². The van der Waals surface area contributed by atoms with Crippen LogP contribution >= 0.6 is 0 Å². The Kier molecular flexibility index (Phi) is 4.13. The largest absolute Gasteiger partial charge is 0.380 e. The fourth-order valence-electron chi connectivity index (χ4n) is 3.56. The first kappa shape index (κ1) is 15.3. The maximum Gasteiger partial charge on any atom is 0.317 e. The second-order valence-corrected chi connectivity index (χ2v) is 6.85. The first-order chi connectivity index (χ1) is 10.5. The van der Waals surface area contributed by atoms with E-state index in [9.17, 15) is 4.79 Å². The van der Waals surface area contributed by atoms with Crippen molar-refractivity contribution < 1.29 is 9.53 Å². The van der Waals surface area contributed by atoms with Crippen molar-refractivity contribution in [2.75, 3.05) is 26.7 Å². The molecule has 2 fully saturated rings. The molecule has 0 spiro atoms. The summed E-state index contributed by atoms with van der Waals surface area (Å²) < 4.78 is 5.32. The highest BCUT2D eigenvalue weighted by Gasteiger charge is 2.45. The van der Waals surface area contributed by atoms with Gasteiger partial charge in [0.05, 0.1) is 6.10 Å². The zero-order valence-electron chi connectivity index (χ0n) is 13.8.